The summed E-state index contributed by atoms with van der Waals surface area (Å²) in [5, 5.41) is 12.3. The summed E-state index contributed by atoms with van der Waals surface area (Å²) in [6.07, 6.45) is 0. The minimum absolute atomic E-state index is 0.476. The van der Waals surface area contributed by atoms with Crippen molar-refractivity contribution in [3.63, 3.8) is 0 Å². The smallest absolute Gasteiger partial charge is 0.184 e. The van der Waals surface area contributed by atoms with Crippen molar-refractivity contribution in [1.29, 1.82) is 0 Å². The Morgan fingerprint density at radius 3 is 2.81 bits per heavy atom. The van der Waals surface area contributed by atoms with E-state index < -0.39 is 0 Å². The molecule has 1 aromatic heterocycles. The third-order valence-electron chi connectivity index (χ3n) is 3.05. The minimum Gasteiger partial charge on any atom is -0.397 e. The molecule has 0 aliphatic carbocycles. The van der Waals surface area contributed by atoms with Crippen LogP contribution in [-0.4, -0.2) is 20.2 Å². The first-order valence-corrected chi connectivity index (χ1v) is 7.37. The van der Waals surface area contributed by atoms with Crippen LogP contribution in [0, 0.1) is 0 Å². The second-order valence-corrected chi connectivity index (χ2v) is 5.81. The molecule has 0 aliphatic rings. The van der Waals surface area contributed by atoms with Crippen LogP contribution in [0.3, 0.4) is 0 Å². The SMILES string of the molecule is Nc1c(Cl)cccc1-c1nnnn1Cc1cccc(Br)c1. The fourth-order valence-electron chi connectivity index (χ4n) is 2.04. The zero-order valence-electron chi connectivity index (χ0n) is 10.9. The van der Waals surface area contributed by atoms with E-state index >= 15 is 0 Å². The van der Waals surface area contributed by atoms with Crippen molar-refractivity contribution in [2.24, 2.45) is 0 Å². The van der Waals surface area contributed by atoms with Gasteiger partial charge in [-0.3, -0.25) is 0 Å². The molecule has 0 unspecified atom stereocenters. The lowest BCUT2D eigenvalue weighted by Gasteiger charge is -2.08. The third-order valence-corrected chi connectivity index (χ3v) is 3.87. The highest BCUT2D eigenvalue weighted by atomic mass is 79.9. The van der Waals surface area contributed by atoms with Crippen molar-refractivity contribution >= 4 is 33.2 Å². The van der Waals surface area contributed by atoms with E-state index in [1.54, 1.807) is 10.7 Å². The highest BCUT2D eigenvalue weighted by Gasteiger charge is 2.13. The van der Waals surface area contributed by atoms with Crippen molar-refractivity contribution < 1.29 is 0 Å². The molecule has 2 aromatic carbocycles. The Morgan fingerprint density at radius 2 is 2.00 bits per heavy atom. The maximum Gasteiger partial charge on any atom is 0.184 e. The van der Waals surface area contributed by atoms with Crippen LogP contribution < -0.4 is 5.73 Å². The van der Waals surface area contributed by atoms with Gasteiger partial charge in [0, 0.05) is 10.0 Å². The van der Waals surface area contributed by atoms with E-state index in [9.17, 15) is 0 Å². The van der Waals surface area contributed by atoms with Crippen molar-refractivity contribution in [1.82, 2.24) is 20.2 Å². The van der Waals surface area contributed by atoms with Gasteiger partial charge in [-0.15, -0.1) is 5.10 Å². The van der Waals surface area contributed by atoms with Gasteiger partial charge in [-0.2, -0.15) is 0 Å². The Morgan fingerprint density at radius 1 is 1.19 bits per heavy atom. The molecule has 7 heteroatoms. The third kappa shape index (κ3) is 2.91. The molecule has 0 saturated carbocycles. The molecule has 0 saturated heterocycles. The van der Waals surface area contributed by atoms with E-state index in [2.05, 4.69) is 31.5 Å². The molecular formula is C14H11BrClN5. The first kappa shape index (κ1) is 14.0. The summed E-state index contributed by atoms with van der Waals surface area (Å²) in [5.41, 5.74) is 8.29. The maximum absolute atomic E-state index is 6.06. The summed E-state index contributed by atoms with van der Waals surface area (Å²) >= 11 is 9.51. The Labute approximate surface area is 134 Å². The van der Waals surface area contributed by atoms with E-state index in [4.69, 9.17) is 17.3 Å². The maximum atomic E-state index is 6.06. The highest BCUT2D eigenvalue weighted by Crippen LogP contribution is 2.29. The lowest BCUT2D eigenvalue weighted by molar-refractivity contribution is 0.653. The van der Waals surface area contributed by atoms with E-state index in [1.165, 1.54) is 0 Å². The fraction of sp³-hybridized carbons (Fsp3) is 0.0714. The number of aromatic nitrogens is 4. The first-order chi connectivity index (χ1) is 10.1. The molecule has 3 aromatic rings. The number of halogens is 2. The van der Waals surface area contributed by atoms with Crippen molar-refractivity contribution in [3.8, 4) is 11.4 Å². The first-order valence-electron chi connectivity index (χ1n) is 6.20. The summed E-state index contributed by atoms with van der Waals surface area (Å²) in [5.74, 6) is 0.593. The number of benzene rings is 2. The normalized spacial score (nSPS) is 10.8. The Hall–Kier alpha value is -1.92. The second kappa shape index (κ2) is 5.83. The van der Waals surface area contributed by atoms with Gasteiger partial charge in [0.1, 0.15) is 0 Å². The zero-order chi connectivity index (χ0) is 14.8. The second-order valence-electron chi connectivity index (χ2n) is 4.49. The number of hydrogen-bond acceptors (Lipinski definition) is 4. The van der Waals surface area contributed by atoms with Crippen molar-refractivity contribution in [2.45, 2.75) is 6.54 Å². The molecule has 0 spiro atoms. The van der Waals surface area contributed by atoms with Crippen LogP contribution in [0.15, 0.2) is 46.9 Å². The number of hydrogen-bond donors (Lipinski definition) is 1. The number of nitrogens with two attached hydrogens (primary N) is 1. The van der Waals surface area contributed by atoms with Crippen LogP contribution in [0.25, 0.3) is 11.4 Å². The summed E-state index contributed by atoms with van der Waals surface area (Å²) in [6.45, 7) is 0.549. The molecule has 2 N–H and O–H groups in total. The lowest BCUT2D eigenvalue weighted by atomic mass is 10.1. The van der Waals surface area contributed by atoms with Crippen LogP contribution in [0.2, 0.25) is 5.02 Å². The van der Waals surface area contributed by atoms with Crippen molar-refractivity contribution in [3.05, 3.63) is 57.5 Å². The molecule has 0 aliphatic heterocycles. The topological polar surface area (TPSA) is 69.6 Å². The molecule has 0 fully saturated rings. The van der Waals surface area contributed by atoms with E-state index in [0.29, 0.717) is 23.1 Å². The molecule has 1 heterocycles. The molecule has 21 heavy (non-hydrogen) atoms. The number of anilines is 1. The van der Waals surface area contributed by atoms with Gasteiger partial charge >= 0.3 is 0 Å². The molecule has 0 amide bonds. The number of para-hydroxylation sites is 1. The van der Waals surface area contributed by atoms with Gasteiger partial charge in [-0.05, 0) is 40.3 Å². The molecule has 0 bridgehead atoms. The number of nitrogens with zero attached hydrogens (tertiary/aromatic N) is 4. The molecule has 5 nitrogen and oxygen atoms in total. The summed E-state index contributed by atoms with van der Waals surface area (Å²) in [4.78, 5) is 0. The van der Waals surface area contributed by atoms with Crippen LogP contribution in [0.4, 0.5) is 5.69 Å². The largest absolute Gasteiger partial charge is 0.397 e. The summed E-state index contributed by atoms with van der Waals surface area (Å²) in [7, 11) is 0. The van der Waals surface area contributed by atoms with Crippen LogP contribution in [-0.2, 0) is 6.54 Å². The van der Waals surface area contributed by atoms with Gasteiger partial charge in [0.15, 0.2) is 5.82 Å². The van der Waals surface area contributed by atoms with Gasteiger partial charge in [-0.1, -0.05) is 45.7 Å². The number of nitrogen functional groups attached to an aromatic ring is 1. The average Bonchev–Trinajstić information content (AvgIpc) is 2.90. The van der Waals surface area contributed by atoms with Crippen LogP contribution in [0.1, 0.15) is 5.56 Å². The zero-order valence-corrected chi connectivity index (χ0v) is 13.2. The van der Waals surface area contributed by atoms with Gasteiger partial charge in [0.05, 0.1) is 17.3 Å². The predicted octanol–water partition coefficient (Wildman–Crippen LogP) is 3.39. The standard InChI is InChI=1S/C14H11BrClN5/c15-10-4-1-3-9(7-10)8-21-14(18-19-20-21)11-5-2-6-12(16)13(11)17/h1-7H,8,17H2. The lowest BCUT2D eigenvalue weighted by Crippen LogP contribution is -2.05. The average molecular weight is 365 g/mol. The van der Waals surface area contributed by atoms with E-state index in [1.807, 2.05) is 36.4 Å². The number of rotatable bonds is 3. The molecule has 0 radical (unpaired) electrons. The highest BCUT2D eigenvalue weighted by molar-refractivity contribution is 9.10. The number of tetrazole rings is 1. The quantitative estimate of drug-likeness (QED) is 0.723. The molecule has 0 atom stereocenters. The monoisotopic (exact) mass is 363 g/mol. The Bertz CT molecular complexity index is 787. The van der Waals surface area contributed by atoms with Crippen molar-refractivity contribution in [2.75, 3.05) is 5.73 Å². The summed E-state index contributed by atoms with van der Waals surface area (Å²) in [6, 6.07) is 13.4. The van der Waals surface area contributed by atoms with E-state index in [-0.39, 0.29) is 0 Å². The van der Waals surface area contributed by atoms with Crippen LogP contribution in [0.5, 0.6) is 0 Å². The summed E-state index contributed by atoms with van der Waals surface area (Å²) < 4.78 is 2.71. The van der Waals surface area contributed by atoms with Crippen LogP contribution >= 0.6 is 27.5 Å². The predicted molar refractivity (Wildman–Crippen MR) is 85.9 cm³/mol. The van der Waals surface area contributed by atoms with Gasteiger partial charge in [0.25, 0.3) is 0 Å². The molecule has 3 rings (SSSR count). The van der Waals surface area contributed by atoms with E-state index in [0.717, 1.165) is 15.6 Å². The van der Waals surface area contributed by atoms with Gasteiger partial charge < -0.3 is 5.73 Å². The minimum atomic E-state index is 0.476. The molecular weight excluding hydrogens is 354 g/mol. The Kier molecular flexibility index (Phi) is 3.90. The van der Waals surface area contributed by atoms with Gasteiger partial charge in [-0.25, -0.2) is 4.68 Å². The fourth-order valence-corrected chi connectivity index (χ4v) is 2.67. The van der Waals surface area contributed by atoms with Gasteiger partial charge in [0.2, 0.25) is 0 Å². The molecule has 106 valence electrons. The Balaban J connectivity index is 2.00.